The minimum atomic E-state index is -0.339. The fourth-order valence-electron chi connectivity index (χ4n) is 1.88. The van der Waals surface area contributed by atoms with E-state index in [1.807, 2.05) is 6.07 Å². The number of benzene rings is 1. The van der Waals surface area contributed by atoms with Crippen molar-refractivity contribution in [1.29, 1.82) is 0 Å². The Morgan fingerprint density at radius 3 is 2.79 bits per heavy atom. The van der Waals surface area contributed by atoms with Gasteiger partial charge in [0, 0.05) is 23.5 Å². The number of H-pyrrole nitrogens is 1. The number of anilines is 1. The van der Waals surface area contributed by atoms with Crippen LogP contribution in [0.25, 0.3) is 11.0 Å². The van der Waals surface area contributed by atoms with E-state index in [1.54, 1.807) is 18.5 Å². The number of hydrogen-bond acceptors (Lipinski definition) is 2. The van der Waals surface area contributed by atoms with Gasteiger partial charge in [0.15, 0.2) is 0 Å². The van der Waals surface area contributed by atoms with Crippen molar-refractivity contribution in [2.24, 2.45) is 0 Å². The van der Waals surface area contributed by atoms with Crippen LogP contribution < -0.4 is 5.32 Å². The molecule has 5 heteroatoms. The van der Waals surface area contributed by atoms with E-state index in [1.165, 1.54) is 24.3 Å². The summed E-state index contributed by atoms with van der Waals surface area (Å²) < 4.78 is 12.8. The summed E-state index contributed by atoms with van der Waals surface area (Å²) in [6.45, 7) is 0. The third kappa shape index (κ3) is 2.18. The molecule has 0 unspecified atom stereocenters. The monoisotopic (exact) mass is 255 g/mol. The third-order valence-corrected chi connectivity index (χ3v) is 2.80. The zero-order valence-corrected chi connectivity index (χ0v) is 9.85. The Kier molecular flexibility index (Phi) is 2.72. The first-order chi connectivity index (χ1) is 9.24. The number of halogens is 1. The number of aromatic nitrogens is 2. The Bertz CT molecular complexity index is 734. The van der Waals surface area contributed by atoms with Gasteiger partial charge in [-0.15, -0.1) is 0 Å². The van der Waals surface area contributed by atoms with Gasteiger partial charge in [-0.25, -0.2) is 9.37 Å². The summed E-state index contributed by atoms with van der Waals surface area (Å²) in [4.78, 5) is 19.2. The van der Waals surface area contributed by atoms with E-state index in [0.717, 1.165) is 5.39 Å². The lowest BCUT2D eigenvalue weighted by atomic mass is 10.2. The predicted molar refractivity (Wildman–Crippen MR) is 70.4 cm³/mol. The second kappa shape index (κ2) is 4.53. The smallest absolute Gasteiger partial charge is 0.257 e. The molecule has 0 saturated heterocycles. The summed E-state index contributed by atoms with van der Waals surface area (Å²) in [7, 11) is 0. The molecule has 94 valence electrons. The number of hydrogen-bond donors (Lipinski definition) is 2. The van der Waals surface area contributed by atoms with E-state index in [9.17, 15) is 9.18 Å². The molecule has 2 heterocycles. The molecule has 19 heavy (non-hydrogen) atoms. The first-order valence-electron chi connectivity index (χ1n) is 5.73. The van der Waals surface area contributed by atoms with Gasteiger partial charge in [-0.1, -0.05) is 0 Å². The van der Waals surface area contributed by atoms with Crippen LogP contribution in [0.1, 0.15) is 10.4 Å². The second-order valence-electron chi connectivity index (χ2n) is 4.06. The van der Waals surface area contributed by atoms with Crippen LogP contribution in [0.5, 0.6) is 0 Å². The van der Waals surface area contributed by atoms with Gasteiger partial charge < -0.3 is 10.3 Å². The molecule has 2 N–H and O–H groups in total. The summed E-state index contributed by atoms with van der Waals surface area (Å²) in [6, 6.07) is 9.21. The average Bonchev–Trinajstić information content (AvgIpc) is 2.85. The maximum atomic E-state index is 12.8. The first-order valence-corrected chi connectivity index (χ1v) is 5.73. The summed E-state index contributed by atoms with van der Waals surface area (Å²) in [5.41, 5.74) is 1.71. The number of nitrogens with zero attached hydrogens (tertiary/aromatic N) is 1. The van der Waals surface area contributed by atoms with E-state index in [2.05, 4.69) is 15.3 Å². The van der Waals surface area contributed by atoms with Crippen molar-refractivity contribution in [2.45, 2.75) is 0 Å². The number of amides is 1. The summed E-state index contributed by atoms with van der Waals surface area (Å²) in [5.74, 6) is -0.597. The molecule has 0 spiro atoms. The molecule has 1 aromatic carbocycles. The van der Waals surface area contributed by atoms with Gasteiger partial charge in [0.25, 0.3) is 5.91 Å². The molecule has 0 atom stereocenters. The maximum absolute atomic E-state index is 12.8. The van der Waals surface area contributed by atoms with E-state index >= 15 is 0 Å². The molecule has 0 fully saturated rings. The quantitative estimate of drug-likeness (QED) is 0.739. The van der Waals surface area contributed by atoms with Crippen LogP contribution in [-0.2, 0) is 0 Å². The van der Waals surface area contributed by atoms with Crippen molar-refractivity contribution in [3.8, 4) is 0 Å². The van der Waals surface area contributed by atoms with E-state index in [0.29, 0.717) is 16.9 Å². The Hall–Kier alpha value is -2.69. The van der Waals surface area contributed by atoms with Crippen LogP contribution in [0, 0.1) is 5.82 Å². The Labute approximate surface area is 108 Å². The van der Waals surface area contributed by atoms with Crippen molar-refractivity contribution >= 4 is 22.6 Å². The van der Waals surface area contributed by atoms with Crippen LogP contribution in [0.4, 0.5) is 10.1 Å². The molecule has 4 nitrogen and oxygen atoms in total. The molecule has 3 rings (SSSR count). The van der Waals surface area contributed by atoms with Gasteiger partial charge in [0.2, 0.25) is 0 Å². The molecule has 0 saturated carbocycles. The molecule has 2 aromatic heterocycles. The normalized spacial score (nSPS) is 10.6. The van der Waals surface area contributed by atoms with Gasteiger partial charge in [-0.2, -0.15) is 0 Å². The minimum absolute atomic E-state index is 0.258. The highest BCUT2D eigenvalue weighted by atomic mass is 19.1. The van der Waals surface area contributed by atoms with Crippen molar-refractivity contribution in [2.75, 3.05) is 5.32 Å². The van der Waals surface area contributed by atoms with Crippen LogP contribution in [-0.4, -0.2) is 15.9 Å². The number of fused-ring (bicyclic) bond motifs is 1. The van der Waals surface area contributed by atoms with E-state index < -0.39 is 0 Å². The third-order valence-electron chi connectivity index (χ3n) is 2.80. The zero-order chi connectivity index (χ0) is 13.2. The SMILES string of the molecule is O=C(Nc1ccc(F)cc1)c1c[nH]c2ncccc12. The number of aromatic amines is 1. The fourth-order valence-corrected chi connectivity index (χ4v) is 1.88. The lowest BCUT2D eigenvalue weighted by molar-refractivity contribution is 0.102. The predicted octanol–water partition coefficient (Wildman–Crippen LogP) is 2.95. The Balaban J connectivity index is 1.90. The molecule has 0 aliphatic heterocycles. The summed E-state index contributed by atoms with van der Waals surface area (Å²) in [6.07, 6.45) is 3.26. The largest absolute Gasteiger partial charge is 0.345 e. The van der Waals surface area contributed by atoms with Crippen molar-refractivity contribution in [3.05, 3.63) is 60.2 Å². The number of rotatable bonds is 2. The van der Waals surface area contributed by atoms with E-state index in [-0.39, 0.29) is 11.7 Å². The first kappa shape index (κ1) is 11.4. The van der Waals surface area contributed by atoms with Gasteiger partial charge >= 0.3 is 0 Å². The molecule has 0 aliphatic rings. The topological polar surface area (TPSA) is 57.8 Å². The standard InChI is InChI=1S/C14H10FN3O/c15-9-3-5-10(6-4-9)18-14(19)12-8-17-13-11(12)2-1-7-16-13/h1-8H,(H,16,17)(H,18,19). The zero-order valence-electron chi connectivity index (χ0n) is 9.85. The van der Waals surface area contributed by atoms with Crippen molar-refractivity contribution in [3.63, 3.8) is 0 Å². The number of carbonyl (C=O) groups is 1. The number of carbonyl (C=O) groups excluding carboxylic acids is 1. The number of pyridine rings is 1. The van der Waals surface area contributed by atoms with Gasteiger partial charge in [0.05, 0.1) is 5.56 Å². The van der Waals surface area contributed by atoms with Crippen molar-refractivity contribution < 1.29 is 9.18 Å². The molecule has 0 radical (unpaired) electrons. The number of nitrogens with one attached hydrogen (secondary N) is 2. The molecule has 0 bridgehead atoms. The molecular weight excluding hydrogens is 245 g/mol. The Morgan fingerprint density at radius 2 is 2.00 bits per heavy atom. The highest BCUT2D eigenvalue weighted by Crippen LogP contribution is 2.17. The molecule has 3 aromatic rings. The van der Waals surface area contributed by atoms with E-state index in [4.69, 9.17) is 0 Å². The molecular formula is C14H10FN3O. The summed E-state index contributed by atoms with van der Waals surface area (Å²) in [5, 5.41) is 3.46. The van der Waals surface area contributed by atoms with Gasteiger partial charge in [-0.05, 0) is 36.4 Å². The van der Waals surface area contributed by atoms with Gasteiger partial charge in [-0.3, -0.25) is 4.79 Å². The maximum Gasteiger partial charge on any atom is 0.257 e. The van der Waals surface area contributed by atoms with Crippen LogP contribution in [0.15, 0.2) is 48.8 Å². The average molecular weight is 255 g/mol. The molecule has 0 aliphatic carbocycles. The van der Waals surface area contributed by atoms with Crippen LogP contribution in [0.2, 0.25) is 0 Å². The highest BCUT2D eigenvalue weighted by molar-refractivity contribution is 6.12. The fraction of sp³-hybridized carbons (Fsp3) is 0. The highest BCUT2D eigenvalue weighted by Gasteiger charge is 2.12. The van der Waals surface area contributed by atoms with Gasteiger partial charge in [0.1, 0.15) is 11.5 Å². The lowest BCUT2D eigenvalue weighted by Crippen LogP contribution is -2.11. The van der Waals surface area contributed by atoms with Crippen LogP contribution >= 0.6 is 0 Å². The second-order valence-corrected chi connectivity index (χ2v) is 4.06. The minimum Gasteiger partial charge on any atom is -0.345 e. The summed E-state index contributed by atoms with van der Waals surface area (Å²) >= 11 is 0. The van der Waals surface area contributed by atoms with Crippen LogP contribution in [0.3, 0.4) is 0 Å². The Morgan fingerprint density at radius 1 is 1.21 bits per heavy atom. The molecule has 1 amide bonds. The lowest BCUT2D eigenvalue weighted by Gasteiger charge is -2.03. The van der Waals surface area contributed by atoms with Crippen molar-refractivity contribution in [1.82, 2.24) is 9.97 Å².